The summed E-state index contributed by atoms with van der Waals surface area (Å²) in [6.45, 7) is 8.02. The monoisotopic (exact) mass is 430 g/mol. The van der Waals surface area contributed by atoms with Crippen LogP contribution in [0.5, 0.6) is 0 Å². The maximum atomic E-state index is 13.5. The van der Waals surface area contributed by atoms with E-state index in [0.29, 0.717) is 21.8 Å². The van der Waals surface area contributed by atoms with E-state index in [0.717, 1.165) is 27.9 Å². The van der Waals surface area contributed by atoms with Crippen LogP contribution in [-0.2, 0) is 9.59 Å². The number of benzene rings is 3. The second-order valence-corrected chi connectivity index (χ2v) is 8.28. The molecule has 0 aromatic heterocycles. The molecular weight excluding hydrogens is 408 g/mol. The summed E-state index contributed by atoms with van der Waals surface area (Å²) in [5, 5.41) is 3.81. The van der Waals surface area contributed by atoms with Crippen LogP contribution < -0.4 is 10.2 Å². The molecule has 1 aliphatic heterocycles. The number of imide groups is 1. The lowest BCUT2D eigenvalue weighted by atomic mass is 9.99. The Morgan fingerprint density at radius 2 is 1.48 bits per heavy atom. The third-order valence-electron chi connectivity index (χ3n) is 5.83. The number of anilines is 2. The summed E-state index contributed by atoms with van der Waals surface area (Å²) in [5.74, 6) is -0.746. The second-order valence-electron chi connectivity index (χ2n) is 7.84. The highest BCUT2D eigenvalue weighted by atomic mass is 35.5. The molecule has 156 valence electrons. The largest absolute Gasteiger partial charge is 0.350 e. The van der Waals surface area contributed by atoms with Crippen molar-refractivity contribution >= 4 is 40.4 Å². The first-order valence-electron chi connectivity index (χ1n) is 10.1. The highest BCUT2D eigenvalue weighted by Crippen LogP contribution is 2.35. The molecule has 2 amide bonds. The van der Waals surface area contributed by atoms with Gasteiger partial charge in [-0.05, 0) is 85.8 Å². The Hall–Kier alpha value is -3.37. The van der Waals surface area contributed by atoms with E-state index in [-0.39, 0.29) is 17.5 Å². The summed E-state index contributed by atoms with van der Waals surface area (Å²) in [5.41, 5.74) is 6.95. The van der Waals surface area contributed by atoms with Gasteiger partial charge >= 0.3 is 0 Å². The van der Waals surface area contributed by atoms with E-state index in [1.807, 2.05) is 64.1 Å². The standard InChI is InChI=1S/C26H23ClN2O2/c1-15-8-9-19(14-17(15)3)23-24(28-22-7-5-6-16(2)18(22)4)26(31)29(25(23)30)21-12-10-20(27)11-13-21/h5-14,28H,1-4H3. The van der Waals surface area contributed by atoms with E-state index >= 15 is 0 Å². The van der Waals surface area contributed by atoms with Gasteiger partial charge in [0.1, 0.15) is 5.70 Å². The molecule has 1 N–H and O–H groups in total. The van der Waals surface area contributed by atoms with Crippen molar-refractivity contribution in [2.45, 2.75) is 27.7 Å². The summed E-state index contributed by atoms with van der Waals surface area (Å²) in [6, 6.07) is 18.4. The van der Waals surface area contributed by atoms with E-state index in [1.165, 1.54) is 4.90 Å². The van der Waals surface area contributed by atoms with E-state index < -0.39 is 0 Å². The van der Waals surface area contributed by atoms with Gasteiger partial charge < -0.3 is 5.32 Å². The number of carbonyl (C=O) groups is 2. The first-order chi connectivity index (χ1) is 14.8. The van der Waals surface area contributed by atoms with Gasteiger partial charge in [0, 0.05) is 10.7 Å². The lowest BCUT2D eigenvalue weighted by molar-refractivity contribution is -0.120. The van der Waals surface area contributed by atoms with Gasteiger partial charge in [-0.15, -0.1) is 0 Å². The van der Waals surface area contributed by atoms with Crippen LogP contribution in [0.25, 0.3) is 5.57 Å². The van der Waals surface area contributed by atoms with Crippen molar-refractivity contribution in [3.63, 3.8) is 0 Å². The molecule has 0 bridgehead atoms. The van der Waals surface area contributed by atoms with Crippen molar-refractivity contribution in [1.82, 2.24) is 0 Å². The van der Waals surface area contributed by atoms with Gasteiger partial charge in [-0.2, -0.15) is 0 Å². The number of rotatable bonds is 4. The Kier molecular flexibility index (Phi) is 5.42. The number of halogens is 1. The zero-order valence-electron chi connectivity index (χ0n) is 17.9. The van der Waals surface area contributed by atoms with Gasteiger partial charge in [-0.25, -0.2) is 4.90 Å². The Morgan fingerprint density at radius 3 is 2.16 bits per heavy atom. The van der Waals surface area contributed by atoms with Gasteiger partial charge in [0.25, 0.3) is 11.8 Å². The van der Waals surface area contributed by atoms with Crippen molar-refractivity contribution < 1.29 is 9.59 Å². The lowest BCUT2D eigenvalue weighted by Gasteiger charge is -2.16. The molecule has 0 radical (unpaired) electrons. The average Bonchev–Trinajstić information content (AvgIpc) is 2.98. The molecule has 5 heteroatoms. The maximum Gasteiger partial charge on any atom is 0.282 e. The molecule has 0 atom stereocenters. The summed E-state index contributed by atoms with van der Waals surface area (Å²) in [7, 11) is 0. The number of nitrogens with zero attached hydrogens (tertiary/aromatic N) is 1. The smallest absolute Gasteiger partial charge is 0.282 e. The van der Waals surface area contributed by atoms with Gasteiger partial charge in [0.2, 0.25) is 0 Å². The SMILES string of the molecule is Cc1ccc(C2=C(Nc3cccc(C)c3C)C(=O)N(c3ccc(Cl)cc3)C2=O)cc1C. The molecular formula is C26H23ClN2O2. The van der Waals surface area contributed by atoms with Crippen LogP contribution in [0.15, 0.2) is 66.4 Å². The molecule has 0 aliphatic carbocycles. The average molecular weight is 431 g/mol. The molecule has 0 unspecified atom stereocenters. The van der Waals surface area contributed by atoms with Crippen LogP contribution >= 0.6 is 11.6 Å². The van der Waals surface area contributed by atoms with Gasteiger partial charge in [0.15, 0.2) is 0 Å². The number of hydrogen-bond donors (Lipinski definition) is 1. The zero-order valence-corrected chi connectivity index (χ0v) is 18.7. The maximum absolute atomic E-state index is 13.5. The van der Waals surface area contributed by atoms with E-state index in [9.17, 15) is 9.59 Å². The summed E-state index contributed by atoms with van der Waals surface area (Å²) >= 11 is 6.00. The van der Waals surface area contributed by atoms with Crippen LogP contribution in [0.2, 0.25) is 5.02 Å². The molecule has 3 aromatic rings. The molecule has 0 fully saturated rings. The van der Waals surface area contributed by atoms with Crippen molar-refractivity contribution in [1.29, 1.82) is 0 Å². The van der Waals surface area contributed by atoms with E-state index in [2.05, 4.69) is 5.32 Å². The minimum atomic E-state index is -0.388. The minimum Gasteiger partial charge on any atom is -0.350 e. The lowest BCUT2D eigenvalue weighted by Crippen LogP contribution is -2.32. The number of aryl methyl sites for hydroxylation is 3. The summed E-state index contributed by atoms with van der Waals surface area (Å²) < 4.78 is 0. The Bertz CT molecular complexity index is 1240. The van der Waals surface area contributed by atoms with E-state index in [1.54, 1.807) is 24.3 Å². The fourth-order valence-electron chi connectivity index (χ4n) is 3.66. The van der Waals surface area contributed by atoms with Crippen LogP contribution in [0.3, 0.4) is 0 Å². The van der Waals surface area contributed by atoms with Crippen LogP contribution in [0.1, 0.15) is 27.8 Å². The number of nitrogens with one attached hydrogen (secondary N) is 1. The minimum absolute atomic E-state index is 0.275. The molecule has 4 rings (SSSR count). The third-order valence-corrected chi connectivity index (χ3v) is 6.08. The van der Waals surface area contributed by atoms with Gasteiger partial charge in [-0.1, -0.05) is 41.9 Å². The molecule has 0 saturated heterocycles. The first-order valence-corrected chi connectivity index (χ1v) is 10.4. The van der Waals surface area contributed by atoms with Crippen LogP contribution in [0.4, 0.5) is 11.4 Å². The molecule has 0 saturated carbocycles. The molecule has 1 heterocycles. The third kappa shape index (κ3) is 3.75. The fourth-order valence-corrected chi connectivity index (χ4v) is 3.78. The Morgan fingerprint density at radius 1 is 0.774 bits per heavy atom. The Balaban J connectivity index is 1.87. The number of hydrogen-bond acceptors (Lipinski definition) is 3. The topological polar surface area (TPSA) is 49.4 Å². The highest BCUT2D eigenvalue weighted by Gasteiger charge is 2.40. The number of amides is 2. The quantitative estimate of drug-likeness (QED) is 0.518. The highest BCUT2D eigenvalue weighted by molar-refractivity contribution is 6.46. The van der Waals surface area contributed by atoms with Crippen molar-refractivity contribution in [2.75, 3.05) is 10.2 Å². The molecule has 4 nitrogen and oxygen atoms in total. The second kappa shape index (κ2) is 8.05. The molecule has 31 heavy (non-hydrogen) atoms. The molecule has 0 spiro atoms. The predicted molar refractivity (Wildman–Crippen MR) is 126 cm³/mol. The summed E-state index contributed by atoms with van der Waals surface area (Å²) in [6.07, 6.45) is 0. The van der Waals surface area contributed by atoms with Crippen molar-refractivity contribution in [3.8, 4) is 0 Å². The van der Waals surface area contributed by atoms with Gasteiger partial charge in [0.05, 0.1) is 11.3 Å². The van der Waals surface area contributed by atoms with Crippen LogP contribution in [0, 0.1) is 27.7 Å². The molecule has 3 aromatic carbocycles. The summed E-state index contributed by atoms with van der Waals surface area (Å²) in [4.78, 5) is 28.2. The first kappa shape index (κ1) is 20.9. The Labute approximate surface area is 187 Å². The van der Waals surface area contributed by atoms with E-state index in [4.69, 9.17) is 11.6 Å². The van der Waals surface area contributed by atoms with Crippen molar-refractivity contribution in [3.05, 3.63) is 99.2 Å². The zero-order chi connectivity index (χ0) is 22.3. The van der Waals surface area contributed by atoms with Crippen LogP contribution in [-0.4, -0.2) is 11.8 Å². The molecule has 1 aliphatic rings. The fraction of sp³-hybridized carbons (Fsp3) is 0.154. The number of carbonyl (C=O) groups excluding carboxylic acids is 2. The van der Waals surface area contributed by atoms with Crippen molar-refractivity contribution in [2.24, 2.45) is 0 Å². The predicted octanol–water partition coefficient (Wildman–Crippen LogP) is 5.97. The van der Waals surface area contributed by atoms with Gasteiger partial charge in [-0.3, -0.25) is 9.59 Å². The normalized spacial score (nSPS) is 13.9.